The van der Waals surface area contributed by atoms with Gasteiger partial charge in [-0.1, -0.05) is 6.92 Å². The van der Waals surface area contributed by atoms with Crippen LogP contribution in [-0.2, 0) is 10.0 Å². The van der Waals surface area contributed by atoms with E-state index in [1.165, 1.54) is 11.3 Å². The molecule has 0 amide bonds. The van der Waals surface area contributed by atoms with Gasteiger partial charge in [0, 0.05) is 31.2 Å². The van der Waals surface area contributed by atoms with Gasteiger partial charge in [0.1, 0.15) is 0 Å². The smallest absolute Gasteiger partial charge is 0.260 e. The molecule has 0 aliphatic rings. The molecule has 0 aromatic carbocycles. The van der Waals surface area contributed by atoms with Gasteiger partial charge in [0.15, 0.2) is 15.8 Å². The zero-order valence-electron chi connectivity index (χ0n) is 12.5. The molecule has 2 rings (SSSR count). The van der Waals surface area contributed by atoms with Crippen LogP contribution in [0.5, 0.6) is 0 Å². The van der Waals surface area contributed by atoms with Crippen LogP contribution in [0.2, 0.25) is 0 Å². The monoisotopic (exact) mass is 331 g/mol. The van der Waals surface area contributed by atoms with E-state index in [0.717, 1.165) is 6.42 Å². The van der Waals surface area contributed by atoms with E-state index in [9.17, 15) is 8.42 Å². The molecule has 0 spiro atoms. The minimum Gasteiger partial charge on any atom is -0.368 e. The van der Waals surface area contributed by atoms with Crippen molar-refractivity contribution in [3.8, 4) is 0 Å². The molecule has 0 bridgehead atoms. The first-order chi connectivity index (χ1) is 9.95. The van der Waals surface area contributed by atoms with E-state index in [2.05, 4.69) is 15.0 Å². The van der Waals surface area contributed by atoms with Gasteiger partial charge < -0.3 is 10.2 Å². The lowest BCUT2D eigenvalue weighted by Gasteiger charge is -2.11. The molecule has 2 aromatic rings. The quantitative estimate of drug-likeness (QED) is 0.756. The molecule has 7 nitrogen and oxygen atoms in total. The zero-order chi connectivity index (χ0) is 15.5. The lowest BCUT2D eigenvalue weighted by Crippen LogP contribution is -2.32. The highest BCUT2D eigenvalue weighted by Crippen LogP contribution is 2.25. The van der Waals surface area contributed by atoms with E-state index < -0.39 is 10.0 Å². The Morgan fingerprint density at radius 1 is 1.38 bits per heavy atom. The molecule has 0 unspecified atom stereocenters. The van der Waals surface area contributed by atoms with Gasteiger partial charge in [-0.05, 0) is 20.5 Å². The van der Waals surface area contributed by atoms with Crippen molar-refractivity contribution >= 4 is 32.1 Å². The molecular weight excluding hydrogens is 310 g/mol. The minimum absolute atomic E-state index is 0.186. The number of nitrogens with zero attached hydrogens (tertiary/aromatic N) is 3. The summed E-state index contributed by atoms with van der Waals surface area (Å²) in [5.41, 5.74) is 0. The van der Waals surface area contributed by atoms with E-state index in [4.69, 9.17) is 0 Å². The summed E-state index contributed by atoms with van der Waals surface area (Å²) < 4.78 is 29.3. The van der Waals surface area contributed by atoms with Crippen LogP contribution in [0.25, 0.3) is 4.96 Å². The van der Waals surface area contributed by atoms with Crippen LogP contribution in [0.3, 0.4) is 0 Å². The Kier molecular flexibility index (Phi) is 5.20. The summed E-state index contributed by atoms with van der Waals surface area (Å²) in [7, 11) is 0.200. The molecule has 21 heavy (non-hydrogen) atoms. The van der Waals surface area contributed by atoms with Crippen molar-refractivity contribution in [2.24, 2.45) is 0 Å². The molecule has 2 N–H and O–H groups in total. The maximum absolute atomic E-state index is 12.5. The minimum atomic E-state index is -3.60. The number of sulfonamides is 1. The van der Waals surface area contributed by atoms with E-state index in [0.29, 0.717) is 30.4 Å². The molecule has 9 heteroatoms. The lowest BCUT2D eigenvalue weighted by molar-refractivity contribution is 0.412. The van der Waals surface area contributed by atoms with Crippen molar-refractivity contribution in [3.63, 3.8) is 0 Å². The third-order valence-electron chi connectivity index (χ3n) is 2.87. The van der Waals surface area contributed by atoms with Gasteiger partial charge in [-0.15, -0.1) is 11.3 Å². The first-order valence-electron chi connectivity index (χ1n) is 6.79. The van der Waals surface area contributed by atoms with Crippen LogP contribution in [0.15, 0.2) is 16.6 Å². The SMILES string of the molecule is CCCNc1nc2sccn2c1S(=O)(=O)NCCN(C)C. The number of aromatic nitrogens is 2. The maximum Gasteiger partial charge on any atom is 0.260 e. The molecule has 0 radical (unpaired) electrons. The molecule has 0 aliphatic carbocycles. The van der Waals surface area contributed by atoms with E-state index >= 15 is 0 Å². The van der Waals surface area contributed by atoms with Crippen LogP contribution in [-0.4, -0.2) is 56.4 Å². The average Bonchev–Trinajstić information content (AvgIpc) is 2.94. The van der Waals surface area contributed by atoms with Crippen molar-refractivity contribution in [1.82, 2.24) is 19.0 Å². The Morgan fingerprint density at radius 2 is 2.14 bits per heavy atom. The summed E-state index contributed by atoms with van der Waals surface area (Å²) in [6.45, 7) is 3.71. The second kappa shape index (κ2) is 6.73. The summed E-state index contributed by atoms with van der Waals surface area (Å²) in [5.74, 6) is 0.418. The summed E-state index contributed by atoms with van der Waals surface area (Å²) in [4.78, 5) is 6.95. The zero-order valence-corrected chi connectivity index (χ0v) is 14.1. The van der Waals surface area contributed by atoms with Crippen molar-refractivity contribution in [2.45, 2.75) is 18.4 Å². The topological polar surface area (TPSA) is 78.7 Å². The molecule has 0 atom stereocenters. The fraction of sp³-hybridized carbons (Fsp3) is 0.583. The molecule has 2 heterocycles. The summed E-state index contributed by atoms with van der Waals surface area (Å²) >= 11 is 1.41. The number of rotatable bonds is 8. The molecule has 0 aliphatic heterocycles. The highest BCUT2D eigenvalue weighted by molar-refractivity contribution is 7.89. The number of thiazole rings is 1. The van der Waals surface area contributed by atoms with Crippen LogP contribution >= 0.6 is 11.3 Å². The lowest BCUT2D eigenvalue weighted by atomic mass is 10.5. The first kappa shape index (κ1) is 16.2. The third-order valence-corrected chi connectivity index (χ3v) is 5.11. The summed E-state index contributed by atoms with van der Waals surface area (Å²) in [6, 6.07) is 0. The molecular formula is C12H21N5O2S2. The van der Waals surface area contributed by atoms with Crippen molar-refractivity contribution < 1.29 is 8.42 Å². The largest absolute Gasteiger partial charge is 0.368 e. The van der Waals surface area contributed by atoms with Gasteiger partial charge in [-0.25, -0.2) is 18.1 Å². The highest BCUT2D eigenvalue weighted by atomic mass is 32.2. The maximum atomic E-state index is 12.5. The van der Waals surface area contributed by atoms with Crippen LogP contribution < -0.4 is 10.0 Å². The fourth-order valence-electron chi connectivity index (χ4n) is 1.85. The van der Waals surface area contributed by atoms with Gasteiger partial charge in [0.2, 0.25) is 0 Å². The summed E-state index contributed by atoms with van der Waals surface area (Å²) in [6.07, 6.45) is 2.63. The average molecular weight is 331 g/mol. The second-order valence-corrected chi connectivity index (χ2v) is 7.50. The van der Waals surface area contributed by atoms with E-state index in [1.807, 2.05) is 31.3 Å². The Balaban J connectivity index is 2.30. The Labute approximate surface area is 129 Å². The number of nitrogens with one attached hydrogen (secondary N) is 2. The standard InChI is InChI=1S/C12H21N5O2S2/c1-4-5-13-10-11(17-8-9-20-12(17)15-10)21(18,19)14-6-7-16(2)3/h8-9,13-14H,4-7H2,1-3H3. The predicted molar refractivity (Wildman–Crippen MR) is 85.6 cm³/mol. The second-order valence-electron chi connectivity index (χ2n) is 4.95. The number of imidazole rings is 1. The van der Waals surface area contributed by atoms with Gasteiger partial charge in [-0.2, -0.15) is 0 Å². The van der Waals surface area contributed by atoms with Crippen molar-refractivity contribution in [1.29, 1.82) is 0 Å². The van der Waals surface area contributed by atoms with Crippen LogP contribution in [0.4, 0.5) is 5.82 Å². The third kappa shape index (κ3) is 3.73. The van der Waals surface area contributed by atoms with Gasteiger partial charge >= 0.3 is 0 Å². The molecule has 2 aromatic heterocycles. The molecule has 0 saturated heterocycles. The van der Waals surface area contributed by atoms with E-state index in [-0.39, 0.29) is 5.03 Å². The fourth-order valence-corrected chi connectivity index (χ4v) is 3.90. The number of hydrogen-bond donors (Lipinski definition) is 2. The number of likely N-dealkylation sites (N-methyl/N-ethyl adjacent to an activating group) is 1. The highest BCUT2D eigenvalue weighted by Gasteiger charge is 2.25. The Morgan fingerprint density at radius 3 is 2.81 bits per heavy atom. The van der Waals surface area contributed by atoms with Gasteiger partial charge in [-0.3, -0.25) is 4.40 Å². The number of anilines is 1. The Hall–Kier alpha value is -1.16. The van der Waals surface area contributed by atoms with Crippen molar-refractivity contribution in [2.75, 3.05) is 39.0 Å². The Bertz CT molecular complexity index is 690. The van der Waals surface area contributed by atoms with Crippen LogP contribution in [0.1, 0.15) is 13.3 Å². The normalized spacial score (nSPS) is 12.4. The van der Waals surface area contributed by atoms with Crippen molar-refractivity contribution in [3.05, 3.63) is 11.6 Å². The molecule has 0 fully saturated rings. The van der Waals surface area contributed by atoms with Crippen LogP contribution in [0, 0.1) is 0 Å². The summed E-state index contributed by atoms with van der Waals surface area (Å²) in [5, 5.41) is 5.10. The van der Waals surface area contributed by atoms with E-state index in [1.54, 1.807) is 10.6 Å². The number of fused-ring (bicyclic) bond motifs is 1. The van der Waals surface area contributed by atoms with Gasteiger partial charge in [0.05, 0.1) is 0 Å². The van der Waals surface area contributed by atoms with Gasteiger partial charge in [0.25, 0.3) is 10.0 Å². The number of hydrogen-bond acceptors (Lipinski definition) is 6. The predicted octanol–water partition coefficient (Wildman–Crippen LogP) is 1.06. The molecule has 118 valence electrons. The first-order valence-corrected chi connectivity index (χ1v) is 9.16. The molecule has 0 saturated carbocycles.